The van der Waals surface area contributed by atoms with Crippen molar-refractivity contribution >= 4 is 0 Å². The van der Waals surface area contributed by atoms with E-state index in [0.29, 0.717) is 0 Å². The molecule has 0 nitrogen and oxygen atoms in total. The minimum absolute atomic E-state index is 0.873. The topological polar surface area (TPSA) is 0 Å². The first-order valence-corrected chi connectivity index (χ1v) is 5.99. The van der Waals surface area contributed by atoms with E-state index in [9.17, 15) is 0 Å². The summed E-state index contributed by atoms with van der Waals surface area (Å²) in [7, 11) is 0. The Hall–Kier alpha value is -0.780. The van der Waals surface area contributed by atoms with E-state index in [0.717, 1.165) is 5.92 Å². The first-order valence-electron chi connectivity index (χ1n) is 5.99. The molecule has 2 rings (SSSR count). The van der Waals surface area contributed by atoms with Crippen molar-refractivity contribution in [3.8, 4) is 0 Å². The molecule has 1 aliphatic rings. The molecule has 1 aromatic carbocycles. The first-order chi connectivity index (χ1) is 6.92. The van der Waals surface area contributed by atoms with Crippen molar-refractivity contribution in [2.24, 2.45) is 0 Å². The van der Waals surface area contributed by atoms with Crippen LogP contribution in [0.4, 0.5) is 0 Å². The summed E-state index contributed by atoms with van der Waals surface area (Å²) >= 11 is 0. The van der Waals surface area contributed by atoms with Crippen LogP contribution in [0, 0.1) is 0 Å². The van der Waals surface area contributed by atoms with Gasteiger partial charge in [-0.15, -0.1) is 0 Å². The average Bonchev–Trinajstić information content (AvgIpc) is 2.63. The van der Waals surface area contributed by atoms with Crippen molar-refractivity contribution in [2.45, 2.75) is 51.4 Å². The lowest BCUT2D eigenvalue weighted by atomic mass is 9.95. The Kier molecular flexibility index (Phi) is 3.23. The van der Waals surface area contributed by atoms with Gasteiger partial charge in [0.1, 0.15) is 0 Å². The molecule has 0 fully saturated rings. The fourth-order valence-electron chi connectivity index (χ4n) is 2.59. The molecular formula is C14H20. The lowest BCUT2D eigenvalue weighted by molar-refractivity contribution is 0.563. The molecule has 0 spiro atoms. The van der Waals surface area contributed by atoms with Crippen LogP contribution in [0.3, 0.4) is 0 Å². The van der Waals surface area contributed by atoms with Crippen molar-refractivity contribution < 1.29 is 0 Å². The third kappa shape index (κ3) is 2.00. The molecule has 76 valence electrons. The van der Waals surface area contributed by atoms with Crippen molar-refractivity contribution in [2.75, 3.05) is 0 Å². The molecule has 0 amide bonds. The van der Waals surface area contributed by atoms with Crippen molar-refractivity contribution in [3.63, 3.8) is 0 Å². The second-order valence-electron chi connectivity index (χ2n) is 4.43. The highest BCUT2D eigenvalue weighted by Crippen LogP contribution is 2.36. The third-order valence-electron chi connectivity index (χ3n) is 3.41. The van der Waals surface area contributed by atoms with Gasteiger partial charge >= 0.3 is 0 Å². The van der Waals surface area contributed by atoms with Gasteiger partial charge in [-0.3, -0.25) is 0 Å². The van der Waals surface area contributed by atoms with E-state index >= 15 is 0 Å². The lowest BCUT2D eigenvalue weighted by Crippen LogP contribution is -1.93. The highest BCUT2D eigenvalue weighted by molar-refractivity contribution is 5.34. The van der Waals surface area contributed by atoms with Crippen LogP contribution in [0.15, 0.2) is 24.3 Å². The van der Waals surface area contributed by atoms with Crippen molar-refractivity contribution in [1.29, 1.82) is 0 Å². The minimum atomic E-state index is 0.873. The van der Waals surface area contributed by atoms with E-state index in [1.165, 1.54) is 38.5 Å². The number of aryl methyl sites for hydroxylation is 1. The maximum absolute atomic E-state index is 2.33. The Balaban J connectivity index is 1.96. The summed E-state index contributed by atoms with van der Waals surface area (Å²) in [5.41, 5.74) is 3.25. The second kappa shape index (κ2) is 4.63. The fraction of sp³-hybridized carbons (Fsp3) is 0.571. The van der Waals surface area contributed by atoms with E-state index in [2.05, 4.69) is 31.2 Å². The maximum atomic E-state index is 2.33. The predicted molar refractivity (Wildman–Crippen MR) is 61.6 cm³/mol. The first kappa shape index (κ1) is 9.76. The standard InChI is InChI=1S/C14H20/c1-2-3-4-7-12-10-11-13-8-5-6-9-14(12)13/h5-6,8-9,12H,2-4,7,10-11H2,1H3. The molecule has 0 aliphatic heterocycles. The van der Waals surface area contributed by atoms with Gasteiger partial charge in [0.15, 0.2) is 0 Å². The zero-order valence-electron chi connectivity index (χ0n) is 9.13. The normalized spacial score (nSPS) is 19.6. The van der Waals surface area contributed by atoms with Crippen LogP contribution in [0.1, 0.15) is 56.1 Å². The molecule has 0 saturated carbocycles. The van der Waals surface area contributed by atoms with Crippen LogP contribution >= 0.6 is 0 Å². The quantitative estimate of drug-likeness (QED) is 0.618. The molecule has 0 aromatic heterocycles. The summed E-state index contributed by atoms with van der Waals surface area (Å²) in [4.78, 5) is 0. The number of rotatable bonds is 4. The third-order valence-corrected chi connectivity index (χ3v) is 3.41. The van der Waals surface area contributed by atoms with E-state index in [4.69, 9.17) is 0 Å². The van der Waals surface area contributed by atoms with Crippen LogP contribution in [0.5, 0.6) is 0 Å². The Morgan fingerprint density at radius 1 is 1.21 bits per heavy atom. The molecule has 1 aliphatic carbocycles. The van der Waals surface area contributed by atoms with Gasteiger partial charge in [0.2, 0.25) is 0 Å². The van der Waals surface area contributed by atoms with E-state index < -0.39 is 0 Å². The number of fused-ring (bicyclic) bond motifs is 1. The number of hydrogen-bond donors (Lipinski definition) is 0. The van der Waals surface area contributed by atoms with Gasteiger partial charge < -0.3 is 0 Å². The van der Waals surface area contributed by atoms with E-state index in [1.807, 2.05) is 0 Å². The Bertz CT molecular complexity index is 288. The number of hydrogen-bond acceptors (Lipinski definition) is 0. The molecule has 1 unspecified atom stereocenters. The predicted octanol–water partition coefficient (Wildman–Crippen LogP) is 4.30. The summed E-state index contributed by atoms with van der Waals surface area (Å²) < 4.78 is 0. The van der Waals surface area contributed by atoms with Gasteiger partial charge in [-0.2, -0.15) is 0 Å². The SMILES string of the molecule is CCCCCC1CCc2ccccc21. The molecule has 14 heavy (non-hydrogen) atoms. The van der Waals surface area contributed by atoms with Gasteiger partial charge in [0.05, 0.1) is 0 Å². The summed E-state index contributed by atoms with van der Waals surface area (Å²) in [6.07, 6.45) is 8.27. The van der Waals surface area contributed by atoms with E-state index in [-0.39, 0.29) is 0 Å². The fourth-order valence-corrected chi connectivity index (χ4v) is 2.59. The molecular weight excluding hydrogens is 168 g/mol. The summed E-state index contributed by atoms with van der Waals surface area (Å²) in [5, 5.41) is 0. The molecule has 0 radical (unpaired) electrons. The largest absolute Gasteiger partial charge is 0.0654 e. The summed E-state index contributed by atoms with van der Waals surface area (Å²) in [5.74, 6) is 0.873. The number of benzene rings is 1. The smallest absolute Gasteiger partial charge is 0.0156 e. The molecule has 0 heteroatoms. The molecule has 0 heterocycles. The maximum Gasteiger partial charge on any atom is -0.0156 e. The average molecular weight is 188 g/mol. The van der Waals surface area contributed by atoms with Crippen LogP contribution in [0.2, 0.25) is 0 Å². The summed E-state index contributed by atoms with van der Waals surface area (Å²) in [6, 6.07) is 9.00. The van der Waals surface area contributed by atoms with Crippen molar-refractivity contribution in [3.05, 3.63) is 35.4 Å². The second-order valence-corrected chi connectivity index (χ2v) is 4.43. The van der Waals surface area contributed by atoms with Crippen LogP contribution in [-0.4, -0.2) is 0 Å². The Morgan fingerprint density at radius 2 is 2.07 bits per heavy atom. The molecule has 0 saturated heterocycles. The molecule has 0 N–H and O–H groups in total. The van der Waals surface area contributed by atoms with Gasteiger partial charge in [0.25, 0.3) is 0 Å². The Labute approximate surface area is 87.3 Å². The molecule has 1 aromatic rings. The zero-order valence-corrected chi connectivity index (χ0v) is 9.13. The monoisotopic (exact) mass is 188 g/mol. The van der Waals surface area contributed by atoms with Gasteiger partial charge in [-0.1, -0.05) is 50.5 Å². The number of unbranched alkanes of at least 4 members (excludes halogenated alkanes) is 2. The van der Waals surface area contributed by atoms with Gasteiger partial charge in [-0.25, -0.2) is 0 Å². The van der Waals surface area contributed by atoms with Gasteiger partial charge in [0, 0.05) is 0 Å². The highest BCUT2D eigenvalue weighted by Gasteiger charge is 2.20. The summed E-state index contributed by atoms with van der Waals surface area (Å²) in [6.45, 7) is 2.28. The van der Waals surface area contributed by atoms with Crippen LogP contribution < -0.4 is 0 Å². The van der Waals surface area contributed by atoms with Gasteiger partial charge in [-0.05, 0) is 36.3 Å². The lowest BCUT2D eigenvalue weighted by Gasteiger charge is -2.10. The highest BCUT2D eigenvalue weighted by atomic mass is 14.2. The van der Waals surface area contributed by atoms with Crippen LogP contribution in [0.25, 0.3) is 0 Å². The molecule has 0 bridgehead atoms. The Morgan fingerprint density at radius 3 is 2.93 bits per heavy atom. The zero-order chi connectivity index (χ0) is 9.80. The minimum Gasteiger partial charge on any atom is -0.0654 e. The van der Waals surface area contributed by atoms with E-state index in [1.54, 1.807) is 11.1 Å². The molecule has 1 atom stereocenters. The van der Waals surface area contributed by atoms with Crippen molar-refractivity contribution in [1.82, 2.24) is 0 Å². The van der Waals surface area contributed by atoms with Crippen LogP contribution in [-0.2, 0) is 6.42 Å².